The third-order valence-electron chi connectivity index (χ3n) is 2.16. The lowest BCUT2D eigenvalue weighted by Crippen LogP contribution is -2.01. The van der Waals surface area contributed by atoms with Crippen molar-refractivity contribution in [3.63, 3.8) is 0 Å². The van der Waals surface area contributed by atoms with Gasteiger partial charge in [0.05, 0.1) is 5.56 Å². The second-order valence-electron chi connectivity index (χ2n) is 3.55. The van der Waals surface area contributed by atoms with E-state index in [1.807, 2.05) is 19.9 Å². The van der Waals surface area contributed by atoms with Crippen molar-refractivity contribution in [1.29, 1.82) is 0 Å². The molecule has 0 saturated heterocycles. The summed E-state index contributed by atoms with van der Waals surface area (Å²) in [4.78, 5) is 10.8. The lowest BCUT2D eigenvalue weighted by Gasteiger charge is -2.09. The number of rotatable bonds is 3. The van der Waals surface area contributed by atoms with Crippen LogP contribution in [0, 0.1) is 0 Å². The fourth-order valence-corrected chi connectivity index (χ4v) is 1.25. The molecule has 0 bridgehead atoms. The Hall–Kier alpha value is -1.51. The molecule has 0 aliphatic carbocycles. The SMILES string of the molecule is CNc1cc(C(=O)O)cc(C(C)C)c1. The minimum absolute atomic E-state index is 0.334. The van der Waals surface area contributed by atoms with Gasteiger partial charge in [-0.2, -0.15) is 0 Å². The molecule has 0 aliphatic rings. The minimum atomic E-state index is -0.885. The molecular formula is C11H15NO2. The maximum absolute atomic E-state index is 10.8. The monoisotopic (exact) mass is 193 g/mol. The van der Waals surface area contributed by atoms with Crippen LogP contribution in [0.25, 0.3) is 0 Å². The van der Waals surface area contributed by atoms with E-state index in [4.69, 9.17) is 5.11 Å². The van der Waals surface area contributed by atoms with Crippen LogP contribution in [0.15, 0.2) is 18.2 Å². The Morgan fingerprint density at radius 3 is 2.43 bits per heavy atom. The van der Waals surface area contributed by atoms with Gasteiger partial charge in [-0.25, -0.2) is 4.79 Å². The van der Waals surface area contributed by atoms with Crippen molar-refractivity contribution in [3.05, 3.63) is 29.3 Å². The Labute approximate surface area is 83.8 Å². The van der Waals surface area contributed by atoms with E-state index in [0.717, 1.165) is 11.3 Å². The lowest BCUT2D eigenvalue weighted by molar-refractivity contribution is 0.0697. The van der Waals surface area contributed by atoms with Gasteiger partial charge in [-0.05, 0) is 29.7 Å². The standard InChI is InChI=1S/C11H15NO2/c1-7(2)8-4-9(11(13)14)6-10(5-8)12-3/h4-7,12H,1-3H3,(H,13,14). The number of hydrogen-bond donors (Lipinski definition) is 2. The summed E-state index contributed by atoms with van der Waals surface area (Å²) in [5.41, 5.74) is 2.21. The highest BCUT2D eigenvalue weighted by atomic mass is 16.4. The summed E-state index contributed by atoms with van der Waals surface area (Å²) in [6.07, 6.45) is 0. The summed E-state index contributed by atoms with van der Waals surface area (Å²) in [6, 6.07) is 5.32. The molecule has 0 heterocycles. The van der Waals surface area contributed by atoms with Crippen LogP contribution in [-0.4, -0.2) is 18.1 Å². The van der Waals surface area contributed by atoms with E-state index < -0.39 is 5.97 Å². The van der Waals surface area contributed by atoms with Crippen molar-refractivity contribution in [3.8, 4) is 0 Å². The molecule has 0 unspecified atom stereocenters. The maximum Gasteiger partial charge on any atom is 0.335 e. The Bertz CT molecular complexity index is 345. The largest absolute Gasteiger partial charge is 0.478 e. The molecule has 76 valence electrons. The summed E-state index contributed by atoms with van der Waals surface area (Å²) in [7, 11) is 1.78. The van der Waals surface area contributed by atoms with Gasteiger partial charge < -0.3 is 10.4 Å². The molecule has 1 aromatic carbocycles. The normalized spacial score (nSPS) is 10.3. The summed E-state index contributed by atoms with van der Waals surface area (Å²) in [6.45, 7) is 4.08. The second kappa shape index (κ2) is 4.13. The number of aromatic carboxylic acids is 1. The Morgan fingerprint density at radius 1 is 1.36 bits per heavy atom. The summed E-state index contributed by atoms with van der Waals surface area (Å²) in [5, 5.41) is 11.8. The van der Waals surface area contributed by atoms with Crippen LogP contribution >= 0.6 is 0 Å². The van der Waals surface area contributed by atoms with Crippen LogP contribution in [0.1, 0.15) is 35.7 Å². The highest BCUT2D eigenvalue weighted by Crippen LogP contribution is 2.21. The smallest absolute Gasteiger partial charge is 0.335 e. The van der Waals surface area contributed by atoms with E-state index in [0.29, 0.717) is 11.5 Å². The zero-order chi connectivity index (χ0) is 10.7. The van der Waals surface area contributed by atoms with Crippen molar-refractivity contribution in [2.24, 2.45) is 0 Å². The first-order valence-electron chi connectivity index (χ1n) is 4.60. The fraction of sp³-hybridized carbons (Fsp3) is 0.364. The third-order valence-corrected chi connectivity index (χ3v) is 2.16. The van der Waals surface area contributed by atoms with Gasteiger partial charge in [-0.3, -0.25) is 0 Å². The van der Waals surface area contributed by atoms with Crippen LogP contribution in [0.4, 0.5) is 5.69 Å². The molecule has 0 aliphatic heterocycles. The van der Waals surface area contributed by atoms with Crippen molar-refractivity contribution >= 4 is 11.7 Å². The molecule has 1 aromatic rings. The van der Waals surface area contributed by atoms with E-state index in [1.165, 1.54) is 0 Å². The van der Waals surface area contributed by atoms with E-state index in [2.05, 4.69) is 5.32 Å². The fourth-order valence-electron chi connectivity index (χ4n) is 1.25. The van der Waals surface area contributed by atoms with Gasteiger partial charge in [0.25, 0.3) is 0 Å². The van der Waals surface area contributed by atoms with Gasteiger partial charge in [-0.1, -0.05) is 13.8 Å². The van der Waals surface area contributed by atoms with Gasteiger partial charge in [0.15, 0.2) is 0 Å². The minimum Gasteiger partial charge on any atom is -0.478 e. The van der Waals surface area contributed by atoms with Crippen LogP contribution < -0.4 is 5.32 Å². The first-order valence-corrected chi connectivity index (χ1v) is 4.60. The van der Waals surface area contributed by atoms with E-state index in [9.17, 15) is 4.79 Å². The molecule has 0 atom stereocenters. The highest BCUT2D eigenvalue weighted by molar-refractivity contribution is 5.89. The molecule has 0 aromatic heterocycles. The van der Waals surface area contributed by atoms with Crippen LogP contribution in [0.5, 0.6) is 0 Å². The number of anilines is 1. The molecule has 0 amide bonds. The number of carbonyl (C=O) groups is 1. The summed E-state index contributed by atoms with van der Waals surface area (Å²) < 4.78 is 0. The van der Waals surface area contributed by atoms with Crippen molar-refractivity contribution in [1.82, 2.24) is 0 Å². The summed E-state index contributed by atoms with van der Waals surface area (Å²) >= 11 is 0. The van der Waals surface area contributed by atoms with Gasteiger partial charge in [0.1, 0.15) is 0 Å². The average Bonchev–Trinajstić information content (AvgIpc) is 2.16. The molecular weight excluding hydrogens is 178 g/mol. The Balaban J connectivity index is 3.20. The zero-order valence-corrected chi connectivity index (χ0v) is 8.66. The Morgan fingerprint density at radius 2 is 2.00 bits per heavy atom. The molecule has 2 N–H and O–H groups in total. The van der Waals surface area contributed by atoms with E-state index >= 15 is 0 Å². The quantitative estimate of drug-likeness (QED) is 0.775. The van der Waals surface area contributed by atoms with Crippen LogP contribution in [0.2, 0.25) is 0 Å². The van der Waals surface area contributed by atoms with Crippen LogP contribution in [-0.2, 0) is 0 Å². The average molecular weight is 193 g/mol. The van der Waals surface area contributed by atoms with Crippen molar-refractivity contribution < 1.29 is 9.90 Å². The lowest BCUT2D eigenvalue weighted by atomic mass is 10.00. The van der Waals surface area contributed by atoms with Crippen molar-refractivity contribution in [2.75, 3.05) is 12.4 Å². The van der Waals surface area contributed by atoms with Gasteiger partial charge >= 0.3 is 5.97 Å². The molecule has 0 radical (unpaired) electrons. The number of carboxylic acids is 1. The molecule has 1 rings (SSSR count). The molecule has 3 nitrogen and oxygen atoms in total. The summed E-state index contributed by atoms with van der Waals surface area (Å²) in [5.74, 6) is -0.551. The first-order chi connectivity index (χ1) is 6.54. The number of benzene rings is 1. The predicted molar refractivity (Wildman–Crippen MR) is 57.0 cm³/mol. The first kappa shape index (κ1) is 10.6. The zero-order valence-electron chi connectivity index (χ0n) is 8.66. The number of carboxylic acid groups (broad SMARTS) is 1. The topological polar surface area (TPSA) is 49.3 Å². The highest BCUT2D eigenvalue weighted by Gasteiger charge is 2.08. The van der Waals surface area contributed by atoms with Crippen LogP contribution in [0.3, 0.4) is 0 Å². The molecule has 14 heavy (non-hydrogen) atoms. The second-order valence-corrected chi connectivity index (χ2v) is 3.55. The molecule has 0 spiro atoms. The number of hydrogen-bond acceptors (Lipinski definition) is 2. The van der Waals surface area contributed by atoms with Crippen molar-refractivity contribution in [2.45, 2.75) is 19.8 Å². The molecule has 0 fully saturated rings. The third kappa shape index (κ3) is 2.25. The van der Waals surface area contributed by atoms with Gasteiger partial charge in [0, 0.05) is 12.7 Å². The Kier molecular flexibility index (Phi) is 3.12. The van der Waals surface area contributed by atoms with E-state index in [-0.39, 0.29) is 0 Å². The van der Waals surface area contributed by atoms with Gasteiger partial charge in [-0.15, -0.1) is 0 Å². The number of nitrogens with one attached hydrogen (secondary N) is 1. The van der Waals surface area contributed by atoms with Gasteiger partial charge in [0.2, 0.25) is 0 Å². The maximum atomic E-state index is 10.8. The molecule has 3 heteroatoms. The molecule has 0 saturated carbocycles. The van der Waals surface area contributed by atoms with E-state index in [1.54, 1.807) is 19.2 Å². The predicted octanol–water partition coefficient (Wildman–Crippen LogP) is 2.55.